The Bertz CT molecular complexity index is 1830. The lowest BCUT2D eigenvalue weighted by molar-refractivity contribution is -0.161. The van der Waals surface area contributed by atoms with Gasteiger partial charge in [-0.15, -0.1) is 0 Å². The van der Waals surface area contributed by atoms with Crippen molar-refractivity contribution in [3.05, 3.63) is 146 Å². The van der Waals surface area contributed by atoms with Crippen LogP contribution in [0.3, 0.4) is 0 Å². The molecule has 0 aliphatic carbocycles. The summed E-state index contributed by atoms with van der Waals surface area (Å²) in [7, 11) is -4.41. The molecule has 2 unspecified atom stereocenters. The molecule has 10 heteroatoms. The monoisotopic (exact) mass is 1140 g/mol. The molecule has 0 aromatic rings. The summed E-state index contributed by atoms with van der Waals surface area (Å²) in [4.78, 5) is 35.3. The van der Waals surface area contributed by atoms with Crippen molar-refractivity contribution in [2.45, 2.75) is 264 Å². The van der Waals surface area contributed by atoms with Crippen LogP contribution < -0.4 is 5.73 Å². The van der Waals surface area contributed by atoms with Gasteiger partial charge in [-0.2, -0.15) is 0 Å². The number of phosphoric acid groups is 1. The molecule has 0 rings (SSSR count). The van der Waals surface area contributed by atoms with Crippen LogP contribution in [0.5, 0.6) is 0 Å². The molecule has 0 saturated heterocycles. The van der Waals surface area contributed by atoms with Gasteiger partial charge in [0.25, 0.3) is 0 Å². The van der Waals surface area contributed by atoms with Crippen LogP contribution >= 0.6 is 7.82 Å². The fourth-order valence-electron chi connectivity index (χ4n) is 8.53. The summed E-state index contributed by atoms with van der Waals surface area (Å²) >= 11 is 0. The van der Waals surface area contributed by atoms with Crippen LogP contribution in [-0.4, -0.2) is 49.3 Å². The molecule has 0 fully saturated rings. The smallest absolute Gasteiger partial charge is 0.462 e. The maximum atomic E-state index is 12.7. The van der Waals surface area contributed by atoms with Crippen LogP contribution in [-0.2, 0) is 32.7 Å². The molecule has 3 N–H and O–H groups in total. The molecule has 460 valence electrons. The summed E-state index contributed by atoms with van der Waals surface area (Å²) in [5.41, 5.74) is 5.39. The van der Waals surface area contributed by atoms with Gasteiger partial charge in [0.2, 0.25) is 0 Å². The minimum atomic E-state index is -4.41. The van der Waals surface area contributed by atoms with Crippen molar-refractivity contribution < 1.29 is 37.6 Å². The summed E-state index contributed by atoms with van der Waals surface area (Å²) < 4.78 is 33.1. The van der Waals surface area contributed by atoms with Crippen LogP contribution in [0.2, 0.25) is 0 Å². The zero-order valence-electron chi connectivity index (χ0n) is 51.5. The molecule has 0 bridgehead atoms. The Morgan fingerprint density at radius 3 is 0.951 bits per heavy atom. The molecule has 0 aromatic heterocycles. The predicted octanol–water partition coefficient (Wildman–Crippen LogP) is 21.1. The summed E-state index contributed by atoms with van der Waals surface area (Å²) in [5, 5.41) is 0. The molecule has 0 saturated carbocycles. The maximum absolute atomic E-state index is 12.7. The Kier molecular flexibility index (Phi) is 61.7. The first-order chi connectivity index (χ1) is 39.8. The molecule has 0 aliphatic rings. The van der Waals surface area contributed by atoms with Gasteiger partial charge in [-0.25, -0.2) is 4.57 Å². The van der Waals surface area contributed by atoms with Crippen LogP contribution in [0.15, 0.2) is 146 Å². The van der Waals surface area contributed by atoms with Crippen molar-refractivity contribution in [3.63, 3.8) is 0 Å². The zero-order chi connectivity index (χ0) is 58.7. The van der Waals surface area contributed by atoms with Gasteiger partial charge in [-0.1, -0.05) is 275 Å². The minimum Gasteiger partial charge on any atom is -0.462 e. The SMILES string of the molecule is CC/C=C\C/C=C\C/C=C\C/C=C\C/C=C\C/C=C\C/C=C\C/C=C\CCCCCCC(=O)OC(COC(=O)CCCCCCCCCCCCCCCCCCCC/C=C\C/C=C\C/C=C\C/C=C\CC)COP(=O)(O)OCCN. The van der Waals surface area contributed by atoms with Crippen molar-refractivity contribution in [2.75, 3.05) is 26.4 Å². The topological polar surface area (TPSA) is 134 Å². The number of unbranched alkanes of at least 4 members (excludes halogenated alkanes) is 22. The average Bonchev–Trinajstić information content (AvgIpc) is 3.46. The molecular weight excluding hydrogens is 1030 g/mol. The van der Waals surface area contributed by atoms with Crippen LogP contribution in [0.4, 0.5) is 0 Å². The van der Waals surface area contributed by atoms with Gasteiger partial charge in [0, 0.05) is 19.4 Å². The van der Waals surface area contributed by atoms with Gasteiger partial charge in [0.1, 0.15) is 6.61 Å². The number of hydrogen-bond acceptors (Lipinski definition) is 8. The van der Waals surface area contributed by atoms with E-state index in [-0.39, 0.29) is 32.6 Å². The highest BCUT2D eigenvalue weighted by atomic mass is 31.2. The number of ether oxygens (including phenoxy) is 2. The molecule has 0 spiro atoms. The average molecular weight is 1140 g/mol. The van der Waals surface area contributed by atoms with Crippen molar-refractivity contribution in [1.29, 1.82) is 0 Å². The quantitative estimate of drug-likeness (QED) is 0.0264. The zero-order valence-corrected chi connectivity index (χ0v) is 52.4. The number of esters is 2. The van der Waals surface area contributed by atoms with E-state index < -0.39 is 32.5 Å². The Hall–Kier alpha value is -4.11. The minimum absolute atomic E-state index is 0.0421. The molecule has 2 atom stereocenters. The standard InChI is InChI=1S/C71H118NO8P/c1-3-5-7-9-11-13-15-17-19-21-23-25-27-29-31-33-34-36-37-39-41-43-45-47-49-51-53-55-57-59-61-63-70(73)77-67-69(68-79-81(75,76)78-66-65-72)80-71(74)64-62-60-58-56-54-52-50-48-46-44-42-40-38-35-32-30-28-26-24-22-20-18-16-14-12-10-8-6-4-2/h5-8,11-14,17-20,23-26,30,32,38,40,44,46,50,52,69H,3-4,9-10,15-16,21-22,27-29,31,33-37,39,41-43,45,47-49,51,53-68,72H2,1-2H3,(H,75,76)/b7-5-,8-6-,13-11-,14-12-,19-17-,20-18-,25-23-,26-24-,32-30-,40-38-,46-44-,52-50-. The fourth-order valence-corrected chi connectivity index (χ4v) is 9.29. The number of rotatable bonds is 59. The number of phosphoric ester groups is 1. The van der Waals surface area contributed by atoms with Crippen LogP contribution in [0, 0.1) is 0 Å². The molecule has 0 amide bonds. The van der Waals surface area contributed by atoms with Gasteiger partial charge >= 0.3 is 19.8 Å². The van der Waals surface area contributed by atoms with Crippen molar-refractivity contribution in [1.82, 2.24) is 0 Å². The molecule has 81 heavy (non-hydrogen) atoms. The van der Waals surface area contributed by atoms with E-state index in [0.29, 0.717) is 6.42 Å². The van der Waals surface area contributed by atoms with Crippen molar-refractivity contribution >= 4 is 19.8 Å². The van der Waals surface area contributed by atoms with E-state index in [0.717, 1.165) is 122 Å². The fraction of sp³-hybridized carbons (Fsp3) is 0.634. The third kappa shape index (κ3) is 64.9. The lowest BCUT2D eigenvalue weighted by Crippen LogP contribution is -2.29. The summed E-state index contributed by atoms with van der Waals surface area (Å²) in [6.45, 7) is 3.49. The highest BCUT2D eigenvalue weighted by Crippen LogP contribution is 2.43. The molecule has 0 aliphatic heterocycles. The molecule has 0 radical (unpaired) electrons. The lowest BCUT2D eigenvalue weighted by atomic mass is 10.0. The molecule has 9 nitrogen and oxygen atoms in total. The predicted molar refractivity (Wildman–Crippen MR) is 348 cm³/mol. The van der Waals surface area contributed by atoms with E-state index >= 15 is 0 Å². The van der Waals surface area contributed by atoms with Crippen LogP contribution in [0.1, 0.15) is 258 Å². The second-order valence-corrected chi connectivity index (χ2v) is 22.3. The van der Waals surface area contributed by atoms with E-state index in [4.69, 9.17) is 24.3 Å². The maximum Gasteiger partial charge on any atom is 0.472 e. The lowest BCUT2D eigenvalue weighted by Gasteiger charge is -2.19. The third-order valence-corrected chi connectivity index (χ3v) is 14.2. The number of carbonyl (C=O) groups is 2. The van der Waals surface area contributed by atoms with E-state index in [9.17, 15) is 19.0 Å². The van der Waals surface area contributed by atoms with E-state index in [1.807, 2.05) is 0 Å². The van der Waals surface area contributed by atoms with E-state index in [1.165, 1.54) is 103 Å². The van der Waals surface area contributed by atoms with Gasteiger partial charge in [0.05, 0.1) is 13.2 Å². The molecular formula is C71H118NO8P. The summed E-state index contributed by atoms with van der Waals surface area (Å²) in [5.74, 6) is -0.861. The van der Waals surface area contributed by atoms with Gasteiger partial charge in [-0.05, 0) is 116 Å². The summed E-state index contributed by atoms with van der Waals surface area (Å²) in [6, 6.07) is 0. The van der Waals surface area contributed by atoms with E-state index in [1.54, 1.807) is 0 Å². The first-order valence-corrected chi connectivity index (χ1v) is 33.8. The van der Waals surface area contributed by atoms with Gasteiger partial charge in [0.15, 0.2) is 6.10 Å². The molecule has 0 aromatic carbocycles. The second-order valence-electron chi connectivity index (χ2n) is 20.9. The van der Waals surface area contributed by atoms with E-state index in [2.05, 4.69) is 160 Å². The number of nitrogens with two attached hydrogens (primary N) is 1. The van der Waals surface area contributed by atoms with Crippen LogP contribution in [0.25, 0.3) is 0 Å². The highest BCUT2D eigenvalue weighted by molar-refractivity contribution is 7.47. The normalized spacial score (nSPS) is 14.0. The first-order valence-electron chi connectivity index (χ1n) is 32.3. The number of hydrogen-bond donors (Lipinski definition) is 2. The Morgan fingerprint density at radius 1 is 0.370 bits per heavy atom. The van der Waals surface area contributed by atoms with Gasteiger partial charge in [-0.3, -0.25) is 18.6 Å². The van der Waals surface area contributed by atoms with Gasteiger partial charge < -0.3 is 20.1 Å². The largest absolute Gasteiger partial charge is 0.472 e. The Morgan fingerprint density at radius 2 is 0.642 bits per heavy atom. The second kappa shape index (κ2) is 65.0. The number of carbonyl (C=O) groups excluding carboxylic acids is 2. The highest BCUT2D eigenvalue weighted by Gasteiger charge is 2.26. The van der Waals surface area contributed by atoms with Crippen molar-refractivity contribution in [3.8, 4) is 0 Å². The Balaban J connectivity index is 4.00. The van der Waals surface area contributed by atoms with Crippen molar-refractivity contribution in [2.24, 2.45) is 5.73 Å². The Labute approximate surface area is 496 Å². The summed E-state index contributed by atoms with van der Waals surface area (Å²) in [6.07, 6.45) is 93.5. The first kappa shape index (κ1) is 76.9. The molecule has 0 heterocycles. The third-order valence-electron chi connectivity index (χ3n) is 13.2. The number of allylic oxidation sites excluding steroid dienone is 24.